The fraction of sp³-hybridized carbons (Fsp3) is 0.600. The maximum Gasteiger partial charge on any atom is 0.228 e. The van der Waals surface area contributed by atoms with Crippen LogP contribution in [0.4, 0.5) is 5.82 Å². The summed E-state index contributed by atoms with van der Waals surface area (Å²) >= 11 is 6.50. The lowest BCUT2D eigenvalue weighted by molar-refractivity contribution is -0.133. The number of fused-ring (bicyclic) bond motifs is 1. The van der Waals surface area contributed by atoms with E-state index in [4.69, 9.17) is 11.6 Å². The lowest BCUT2D eigenvalue weighted by atomic mass is 9.80. The van der Waals surface area contributed by atoms with E-state index >= 15 is 0 Å². The normalized spacial score (nSPS) is 27.5. The van der Waals surface area contributed by atoms with E-state index in [1.807, 2.05) is 16.9 Å². The number of nitrogens with zero attached hydrogens (tertiary/aromatic N) is 3. The van der Waals surface area contributed by atoms with Crippen molar-refractivity contribution in [3.05, 3.63) is 29.2 Å². The lowest BCUT2D eigenvalue weighted by Gasteiger charge is -2.34. The smallest absolute Gasteiger partial charge is 0.228 e. The highest BCUT2D eigenvalue weighted by Gasteiger charge is 2.36. The molecule has 3 heterocycles. The van der Waals surface area contributed by atoms with E-state index in [9.17, 15) is 14.7 Å². The summed E-state index contributed by atoms with van der Waals surface area (Å²) < 4.78 is 2.03. The molecule has 0 unspecified atom stereocenters. The number of nitrogens with one attached hydrogen (secondary N) is 2. The van der Waals surface area contributed by atoms with E-state index in [0.717, 1.165) is 49.0 Å². The molecule has 2 atom stereocenters. The van der Waals surface area contributed by atoms with Crippen LogP contribution < -0.4 is 10.6 Å². The third-order valence-electron chi connectivity index (χ3n) is 7.44. The van der Waals surface area contributed by atoms with E-state index in [-0.39, 0.29) is 41.2 Å². The van der Waals surface area contributed by atoms with Gasteiger partial charge in [0.05, 0.1) is 17.3 Å². The number of aliphatic hydroxyl groups excluding tert-OH is 1. The molecule has 5 rings (SSSR count). The monoisotopic (exact) mass is 485 g/mol. The average Bonchev–Trinajstić information content (AvgIpc) is 3.28. The molecule has 2 saturated carbocycles. The molecule has 0 radical (unpaired) electrons. The second kappa shape index (κ2) is 8.96. The van der Waals surface area contributed by atoms with E-state index in [1.165, 1.54) is 0 Å². The molecule has 0 bridgehead atoms. The minimum absolute atomic E-state index is 0.00254. The molecule has 34 heavy (non-hydrogen) atoms. The number of aromatic nitrogens is 3. The molecule has 9 heteroatoms. The SMILES string of the molecule is CC1(C)Cc2c(-c3cc(NC(=O)[C@H]4CCC[C@@H](NC(=O)[C@H]5C[C@@H](O)C5)C4)ncc3Cl)cnn2C1. The van der Waals surface area contributed by atoms with Gasteiger partial charge in [-0.3, -0.25) is 14.3 Å². The quantitative estimate of drug-likeness (QED) is 0.599. The second-order valence-electron chi connectivity index (χ2n) is 10.9. The van der Waals surface area contributed by atoms with Crippen LogP contribution in [0.5, 0.6) is 0 Å². The van der Waals surface area contributed by atoms with E-state index in [1.54, 1.807) is 6.20 Å². The van der Waals surface area contributed by atoms with Crippen molar-refractivity contribution in [2.45, 2.75) is 77.5 Å². The maximum absolute atomic E-state index is 13.1. The van der Waals surface area contributed by atoms with Gasteiger partial charge in [0.25, 0.3) is 0 Å². The molecule has 2 aromatic heterocycles. The summed E-state index contributed by atoms with van der Waals surface area (Å²) in [5, 5.41) is 20.6. The van der Waals surface area contributed by atoms with Crippen LogP contribution in [0.25, 0.3) is 11.1 Å². The molecule has 3 aliphatic rings. The number of carbonyl (C=O) groups is 2. The molecule has 2 aromatic rings. The van der Waals surface area contributed by atoms with Crippen LogP contribution in [0.15, 0.2) is 18.5 Å². The summed E-state index contributed by atoms with van der Waals surface area (Å²) in [6, 6.07) is 1.81. The first kappa shape index (κ1) is 23.3. The summed E-state index contributed by atoms with van der Waals surface area (Å²) in [4.78, 5) is 29.7. The van der Waals surface area contributed by atoms with Crippen LogP contribution in [0, 0.1) is 17.3 Å². The minimum atomic E-state index is -0.354. The van der Waals surface area contributed by atoms with Crippen molar-refractivity contribution in [3.63, 3.8) is 0 Å². The van der Waals surface area contributed by atoms with E-state index in [2.05, 4.69) is 34.6 Å². The van der Waals surface area contributed by atoms with Gasteiger partial charge in [0, 0.05) is 47.4 Å². The average molecular weight is 486 g/mol. The topological polar surface area (TPSA) is 109 Å². The van der Waals surface area contributed by atoms with Gasteiger partial charge in [-0.15, -0.1) is 0 Å². The highest BCUT2D eigenvalue weighted by Crippen LogP contribution is 2.39. The van der Waals surface area contributed by atoms with Crippen LogP contribution in [-0.4, -0.2) is 43.8 Å². The standard InChI is InChI=1S/C25H32ClN5O3/c1-25(2)10-21-19(11-28-31(21)13-25)18-9-22(27-12-20(18)26)30-23(33)14-4-3-5-16(6-14)29-24(34)15-7-17(32)8-15/h9,11-12,14-17,32H,3-8,10,13H2,1-2H3,(H,29,34)(H,27,30,33)/t14-,15-,16+,17+/m0/s1. The van der Waals surface area contributed by atoms with Crippen molar-refractivity contribution in [2.75, 3.05) is 5.32 Å². The number of anilines is 1. The van der Waals surface area contributed by atoms with Gasteiger partial charge < -0.3 is 15.7 Å². The van der Waals surface area contributed by atoms with Crippen molar-refractivity contribution < 1.29 is 14.7 Å². The molecule has 3 N–H and O–H groups in total. The number of aliphatic hydroxyl groups is 1. The number of rotatable bonds is 5. The highest BCUT2D eigenvalue weighted by molar-refractivity contribution is 6.33. The van der Waals surface area contributed by atoms with Gasteiger partial charge in [-0.05, 0) is 50.0 Å². The third-order valence-corrected chi connectivity index (χ3v) is 7.75. The lowest BCUT2D eigenvalue weighted by Crippen LogP contribution is -2.47. The second-order valence-corrected chi connectivity index (χ2v) is 11.3. The zero-order valence-electron chi connectivity index (χ0n) is 19.7. The number of amides is 2. The Morgan fingerprint density at radius 3 is 2.68 bits per heavy atom. The molecule has 8 nitrogen and oxygen atoms in total. The van der Waals surface area contributed by atoms with Crippen LogP contribution in [0.2, 0.25) is 5.02 Å². The predicted molar refractivity (Wildman–Crippen MR) is 129 cm³/mol. The van der Waals surface area contributed by atoms with Crippen molar-refractivity contribution in [1.82, 2.24) is 20.1 Å². The molecular weight excluding hydrogens is 454 g/mol. The fourth-order valence-corrected chi connectivity index (χ4v) is 5.70. The number of pyridine rings is 1. The Morgan fingerprint density at radius 1 is 1.12 bits per heavy atom. The summed E-state index contributed by atoms with van der Waals surface area (Å²) in [6.45, 7) is 5.32. The Balaban J connectivity index is 1.24. The summed E-state index contributed by atoms with van der Waals surface area (Å²) in [5.74, 6) is 0.0959. The molecule has 2 aliphatic carbocycles. The summed E-state index contributed by atoms with van der Waals surface area (Å²) in [7, 11) is 0. The molecule has 2 amide bonds. The predicted octanol–water partition coefficient (Wildman–Crippen LogP) is 3.57. The van der Waals surface area contributed by atoms with Crippen molar-refractivity contribution in [3.8, 4) is 11.1 Å². The van der Waals surface area contributed by atoms with E-state index < -0.39 is 0 Å². The molecule has 0 spiro atoms. The van der Waals surface area contributed by atoms with Crippen LogP contribution in [-0.2, 0) is 22.6 Å². The first-order valence-corrected chi connectivity index (χ1v) is 12.6. The molecule has 0 saturated heterocycles. The van der Waals surface area contributed by atoms with Crippen molar-refractivity contribution in [1.29, 1.82) is 0 Å². The third kappa shape index (κ3) is 4.70. The zero-order valence-corrected chi connectivity index (χ0v) is 20.4. The van der Waals surface area contributed by atoms with Gasteiger partial charge in [-0.2, -0.15) is 5.10 Å². The fourth-order valence-electron chi connectivity index (χ4n) is 5.49. The molecule has 0 aromatic carbocycles. The van der Waals surface area contributed by atoms with Gasteiger partial charge in [0.1, 0.15) is 5.82 Å². The number of halogens is 1. The van der Waals surface area contributed by atoms with Gasteiger partial charge in [-0.25, -0.2) is 4.98 Å². The first-order chi connectivity index (χ1) is 16.2. The highest BCUT2D eigenvalue weighted by atomic mass is 35.5. The maximum atomic E-state index is 13.1. The Bertz CT molecular complexity index is 1110. The van der Waals surface area contributed by atoms with Crippen molar-refractivity contribution >= 4 is 29.2 Å². The Labute approximate surface area is 204 Å². The largest absolute Gasteiger partial charge is 0.393 e. The van der Waals surface area contributed by atoms with Gasteiger partial charge in [-0.1, -0.05) is 31.9 Å². The molecule has 2 fully saturated rings. The Morgan fingerprint density at radius 2 is 1.91 bits per heavy atom. The van der Waals surface area contributed by atoms with Gasteiger partial charge in [0.2, 0.25) is 11.8 Å². The molecule has 182 valence electrons. The minimum Gasteiger partial charge on any atom is -0.393 e. The van der Waals surface area contributed by atoms with E-state index in [0.29, 0.717) is 30.1 Å². The number of carbonyl (C=O) groups excluding carboxylic acids is 2. The molecular formula is C25H32ClN5O3. The Hall–Kier alpha value is -2.45. The van der Waals surface area contributed by atoms with Crippen LogP contribution in [0.3, 0.4) is 0 Å². The van der Waals surface area contributed by atoms with Gasteiger partial charge >= 0.3 is 0 Å². The zero-order chi connectivity index (χ0) is 24.0. The number of hydrogen-bond acceptors (Lipinski definition) is 5. The van der Waals surface area contributed by atoms with Crippen LogP contribution >= 0.6 is 11.6 Å². The Kier molecular flexibility index (Phi) is 6.14. The van der Waals surface area contributed by atoms with Gasteiger partial charge in [0.15, 0.2) is 0 Å². The molecule has 1 aliphatic heterocycles. The number of hydrogen-bond donors (Lipinski definition) is 3. The van der Waals surface area contributed by atoms with Crippen molar-refractivity contribution in [2.24, 2.45) is 17.3 Å². The van der Waals surface area contributed by atoms with Crippen LogP contribution in [0.1, 0.15) is 58.1 Å². The first-order valence-electron chi connectivity index (χ1n) is 12.2. The summed E-state index contributed by atoms with van der Waals surface area (Å²) in [5.41, 5.74) is 3.11. The summed E-state index contributed by atoms with van der Waals surface area (Å²) in [6.07, 6.45) is 8.19.